The molecular formula is C19H19NO3. The van der Waals surface area contributed by atoms with Crippen LogP contribution in [0.5, 0.6) is 0 Å². The predicted molar refractivity (Wildman–Crippen MR) is 89.5 cm³/mol. The van der Waals surface area contributed by atoms with Crippen LogP contribution in [0.2, 0.25) is 0 Å². The van der Waals surface area contributed by atoms with Crippen molar-refractivity contribution < 1.29 is 14.6 Å². The predicted octanol–water partition coefficient (Wildman–Crippen LogP) is 3.36. The number of aliphatic hydroxyl groups excluding tert-OH is 1. The molecule has 4 heteroatoms. The number of hydrogen-bond donors (Lipinski definition) is 1. The van der Waals surface area contributed by atoms with Crippen molar-refractivity contribution in [3.8, 4) is 0 Å². The second-order valence-electron chi connectivity index (χ2n) is 5.65. The number of carbonyl (C=O) groups excluding carboxylic acids is 1. The molecule has 0 saturated heterocycles. The summed E-state index contributed by atoms with van der Waals surface area (Å²) in [5.41, 5.74) is 3.91. The summed E-state index contributed by atoms with van der Waals surface area (Å²) >= 11 is 0. The highest BCUT2D eigenvalue weighted by molar-refractivity contribution is 5.96. The van der Waals surface area contributed by atoms with E-state index in [1.165, 1.54) is 7.11 Å². The van der Waals surface area contributed by atoms with E-state index in [-0.39, 0.29) is 0 Å². The van der Waals surface area contributed by atoms with Crippen LogP contribution in [0.1, 0.15) is 33.3 Å². The van der Waals surface area contributed by atoms with Gasteiger partial charge in [-0.2, -0.15) is 0 Å². The molecule has 0 saturated carbocycles. The summed E-state index contributed by atoms with van der Waals surface area (Å²) in [7, 11) is 3.31. The third kappa shape index (κ3) is 2.62. The van der Waals surface area contributed by atoms with E-state index < -0.39 is 12.1 Å². The Morgan fingerprint density at radius 1 is 1.17 bits per heavy atom. The van der Waals surface area contributed by atoms with Crippen LogP contribution < -0.4 is 0 Å². The highest BCUT2D eigenvalue weighted by Crippen LogP contribution is 2.32. The summed E-state index contributed by atoms with van der Waals surface area (Å²) in [6.45, 7) is 2.00. The lowest BCUT2D eigenvalue weighted by Crippen LogP contribution is -2.07. The van der Waals surface area contributed by atoms with Gasteiger partial charge in [-0.3, -0.25) is 0 Å². The van der Waals surface area contributed by atoms with Crippen molar-refractivity contribution in [1.82, 2.24) is 4.57 Å². The molecule has 0 aliphatic heterocycles. The minimum absolute atomic E-state index is 0.407. The zero-order valence-electron chi connectivity index (χ0n) is 13.4. The van der Waals surface area contributed by atoms with Crippen LogP contribution >= 0.6 is 0 Å². The molecule has 23 heavy (non-hydrogen) atoms. The number of ether oxygens (including phenoxy) is 1. The van der Waals surface area contributed by atoms with Crippen molar-refractivity contribution >= 4 is 16.9 Å². The number of hydrogen-bond acceptors (Lipinski definition) is 3. The molecule has 0 bridgehead atoms. The molecule has 0 aliphatic rings. The number of aromatic nitrogens is 1. The van der Waals surface area contributed by atoms with Crippen molar-refractivity contribution in [2.45, 2.75) is 13.0 Å². The van der Waals surface area contributed by atoms with E-state index >= 15 is 0 Å². The van der Waals surface area contributed by atoms with Gasteiger partial charge in [-0.05, 0) is 30.7 Å². The number of aliphatic hydroxyl groups is 1. The van der Waals surface area contributed by atoms with Crippen LogP contribution in [0.3, 0.4) is 0 Å². The van der Waals surface area contributed by atoms with Crippen LogP contribution in [0.4, 0.5) is 0 Å². The fourth-order valence-electron chi connectivity index (χ4n) is 2.93. The topological polar surface area (TPSA) is 51.5 Å². The van der Waals surface area contributed by atoms with Gasteiger partial charge >= 0.3 is 5.97 Å². The Balaban J connectivity index is 2.26. The van der Waals surface area contributed by atoms with Gasteiger partial charge in [0.15, 0.2) is 0 Å². The molecule has 0 fully saturated rings. The maximum atomic E-state index is 11.9. The number of nitrogens with zero attached hydrogens (tertiary/aromatic N) is 1. The third-order valence-corrected chi connectivity index (χ3v) is 4.23. The normalized spacial score (nSPS) is 12.3. The molecular weight excluding hydrogens is 290 g/mol. The van der Waals surface area contributed by atoms with Crippen LogP contribution in [-0.2, 0) is 11.8 Å². The van der Waals surface area contributed by atoms with Gasteiger partial charge in [-0.1, -0.05) is 30.3 Å². The maximum Gasteiger partial charge on any atom is 0.337 e. The summed E-state index contributed by atoms with van der Waals surface area (Å²) in [6.07, 6.45) is -0.809. The van der Waals surface area contributed by atoms with E-state index in [2.05, 4.69) is 0 Å². The number of esters is 1. The number of aryl methyl sites for hydroxylation is 2. The standard InChI is InChI=1S/C19H19NO3/c1-12-9-14-10-15(19(22)23-3)11-16(17(14)20(12)2)18(21)13-7-5-4-6-8-13/h4-11,18,21H,1-3H3. The van der Waals surface area contributed by atoms with Crippen molar-refractivity contribution in [1.29, 1.82) is 0 Å². The van der Waals surface area contributed by atoms with Crippen LogP contribution in [0.25, 0.3) is 10.9 Å². The Morgan fingerprint density at radius 3 is 2.52 bits per heavy atom. The van der Waals surface area contributed by atoms with E-state index in [9.17, 15) is 9.90 Å². The van der Waals surface area contributed by atoms with Gasteiger partial charge in [0.05, 0.1) is 18.2 Å². The monoisotopic (exact) mass is 309 g/mol. The van der Waals surface area contributed by atoms with Gasteiger partial charge < -0.3 is 14.4 Å². The highest BCUT2D eigenvalue weighted by atomic mass is 16.5. The van der Waals surface area contributed by atoms with E-state index in [1.807, 2.05) is 54.9 Å². The van der Waals surface area contributed by atoms with Crippen LogP contribution in [-0.4, -0.2) is 22.8 Å². The molecule has 2 aromatic carbocycles. The molecule has 1 heterocycles. The smallest absolute Gasteiger partial charge is 0.337 e. The molecule has 3 rings (SSSR count). The molecule has 1 N–H and O–H groups in total. The highest BCUT2D eigenvalue weighted by Gasteiger charge is 2.20. The summed E-state index contributed by atoms with van der Waals surface area (Å²) in [5.74, 6) is -0.407. The van der Waals surface area contributed by atoms with E-state index in [4.69, 9.17) is 4.74 Å². The summed E-state index contributed by atoms with van der Waals surface area (Å²) in [6, 6.07) is 14.9. The molecule has 1 aromatic heterocycles. The van der Waals surface area contributed by atoms with Gasteiger partial charge in [-0.25, -0.2) is 4.79 Å². The van der Waals surface area contributed by atoms with Crippen LogP contribution in [0.15, 0.2) is 48.5 Å². The van der Waals surface area contributed by atoms with Crippen molar-refractivity contribution in [2.24, 2.45) is 7.05 Å². The average Bonchev–Trinajstić information content (AvgIpc) is 2.88. The number of fused-ring (bicyclic) bond motifs is 1. The van der Waals surface area contributed by atoms with Gasteiger partial charge in [0, 0.05) is 23.7 Å². The Bertz CT molecular complexity index is 865. The Morgan fingerprint density at radius 2 is 1.87 bits per heavy atom. The molecule has 0 aliphatic carbocycles. The molecule has 4 nitrogen and oxygen atoms in total. The van der Waals surface area contributed by atoms with Gasteiger partial charge in [0.25, 0.3) is 0 Å². The zero-order chi connectivity index (χ0) is 16.6. The van der Waals surface area contributed by atoms with Crippen molar-refractivity contribution in [2.75, 3.05) is 7.11 Å². The minimum atomic E-state index is -0.809. The van der Waals surface area contributed by atoms with Gasteiger partial charge in [0.1, 0.15) is 6.10 Å². The number of rotatable bonds is 3. The molecule has 118 valence electrons. The molecule has 3 aromatic rings. The molecule has 0 amide bonds. The Labute approximate surface area is 134 Å². The maximum absolute atomic E-state index is 11.9. The van der Waals surface area contributed by atoms with Gasteiger partial charge in [-0.15, -0.1) is 0 Å². The van der Waals surface area contributed by atoms with E-state index in [0.29, 0.717) is 11.1 Å². The quantitative estimate of drug-likeness (QED) is 0.755. The van der Waals surface area contributed by atoms with Crippen molar-refractivity contribution in [3.05, 3.63) is 70.9 Å². The first kappa shape index (κ1) is 15.3. The Hall–Kier alpha value is -2.59. The summed E-state index contributed by atoms with van der Waals surface area (Å²) in [5, 5.41) is 11.8. The molecule has 1 atom stereocenters. The SMILES string of the molecule is COC(=O)c1cc(C(O)c2ccccc2)c2c(c1)cc(C)n2C. The first-order valence-electron chi connectivity index (χ1n) is 7.44. The first-order valence-corrected chi connectivity index (χ1v) is 7.44. The minimum Gasteiger partial charge on any atom is -0.465 e. The molecule has 1 unspecified atom stereocenters. The second-order valence-corrected chi connectivity index (χ2v) is 5.65. The lowest BCUT2D eigenvalue weighted by atomic mass is 9.97. The lowest BCUT2D eigenvalue weighted by Gasteiger charge is -2.16. The first-order chi connectivity index (χ1) is 11.0. The number of carbonyl (C=O) groups is 1. The Kier molecular flexibility index (Phi) is 3.92. The van der Waals surface area contributed by atoms with E-state index in [0.717, 1.165) is 22.2 Å². The average molecular weight is 309 g/mol. The fourth-order valence-corrected chi connectivity index (χ4v) is 2.93. The van der Waals surface area contributed by atoms with Crippen LogP contribution in [0, 0.1) is 6.92 Å². The van der Waals surface area contributed by atoms with Crippen molar-refractivity contribution in [3.63, 3.8) is 0 Å². The molecule has 0 radical (unpaired) electrons. The largest absolute Gasteiger partial charge is 0.465 e. The van der Waals surface area contributed by atoms with Gasteiger partial charge in [0.2, 0.25) is 0 Å². The summed E-state index contributed by atoms with van der Waals surface area (Å²) < 4.78 is 6.86. The lowest BCUT2D eigenvalue weighted by molar-refractivity contribution is 0.0600. The molecule has 0 spiro atoms. The zero-order valence-corrected chi connectivity index (χ0v) is 13.4. The number of benzene rings is 2. The second kappa shape index (κ2) is 5.89. The summed E-state index contributed by atoms with van der Waals surface area (Å²) in [4.78, 5) is 11.9. The number of methoxy groups -OCH3 is 1. The third-order valence-electron chi connectivity index (χ3n) is 4.23. The fraction of sp³-hybridized carbons (Fsp3) is 0.211. The van der Waals surface area contributed by atoms with E-state index in [1.54, 1.807) is 12.1 Å².